The highest BCUT2D eigenvalue weighted by Crippen LogP contribution is 2.24. The van der Waals surface area contributed by atoms with Crippen LogP contribution in [0.4, 0.5) is 0 Å². The van der Waals surface area contributed by atoms with E-state index in [0.717, 1.165) is 41.7 Å². The quantitative estimate of drug-likeness (QED) is 0.527. The molecule has 0 atom stereocenters. The molecule has 4 aromatic rings. The number of benzene rings is 2. The van der Waals surface area contributed by atoms with Crippen LogP contribution in [0.5, 0.6) is 0 Å². The largest absolute Gasteiger partial charge is 0.234 e. The van der Waals surface area contributed by atoms with E-state index in [9.17, 15) is 5.26 Å². The van der Waals surface area contributed by atoms with Crippen molar-refractivity contribution >= 4 is 5.65 Å². The second kappa shape index (κ2) is 7.43. The summed E-state index contributed by atoms with van der Waals surface area (Å²) >= 11 is 0. The molecule has 0 N–H and O–H groups in total. The summed E-state index contributed by atoms with van der Waals surface area (Å²) in [6, 6.07) is 22.6. The predicted octanol–water partition coefficient (Wildman–Crippen LogP) is 4.62. The number of aryl methyl sites for hydroxylation is 3. The number of hydrogen-bond acceptors (Lipinski definition) is 3. The first-order valence-electron chi connectivity index (χ1n) is 9.19. The fourth-order valence-corrected chi connectivity index (χ4v) is 3.35. The lowest BCUT2D eigenvalue weighted by Crippen LogP contribution is -2.04. The van der Waals surface area contributed by atoms with Crippen LogP contribution in [0, 0.1) is 11.3 Å². The van der Waals surface area contributed by atoms with Gasteiger partial charge in [0.05, 0.1) is 17.8 Å². The summed E-state index contributed by atoms with van der Waals surface area (Å²) < 4.78 is 1.93. The first-order valence-corrected chi connectivity index (χ1v) is 9.19. The minimum atomic E-state index is 0.704. The van der Waals surface area contributed by atoms with E-state index in [4.69, 9.17) is 0 Å². The number of aromatic nitrogens is 3. The van der Waals surface area contributed by atoms with Gasteiger partial charge in [-0.15, -0.1) is 0 Å². The Hall–Kier alpha value is -3.45. The fourth-order valence-electron chi connectivity index (χ4n) is 3.35. The number of hydrogen-bond donors (Lipinski definition) is 0. The molecule has 0 radical (unpaired) electrons. The minimum Gasteiger partial charge on any atom is -0.234 e. The average Bonchev–Trinajstić information content (AvgIpc) is 3.21. The number of nitrogens with zero attached hydrogens (tertiary/aromatic N) is 4. The lowest BCUT2D eigenvalue weighted by atomic mass is 9.98. The van der Waals surface area contributed by atoms with Crippen molar-refractivity contribution in [2.75, 3.05) is 0 Å². The van der Waals surface area contributed by atoms with Crippen LogP contribution in [-0.4, -0.2) is 14.6 Å². The van der Waals surface area contributed by atoms with E-state index in [1.807, 2.05) is 34.8 Å². The maximum atomic E-state index is 9.29. The lowest BCUT2D eigenvalue weighted by molar-refractivity contribution is 0.799. The predicted molar refractivity (Wildman–Crippen MR) is 106 cm³/mol. The maximum absolute atomic E-state index is 9.29. The van der Waals surface area contributed by atoms with Crippen molar-refractivity contribution in [3.05, 3.63) is 89.4 Å². The summed E-state index contributed by atoms with van der Waals surface area (Å²) in [6.07, 6.45) is 4.55. The van der Waals surface area contributed by atoms with Crippen molar-refractivity contribution in [2.45, 2.75) is 26.2 Å². The van der Waals surface area contributed by atoms with Gasteiger partial charge in [0, 0.05) is 17.5 Å². The zero-order valence-electron chi connectivity index (χ0n) is 15.3. The second-order valence-corrected chi connectivity index (χ2v) is 6.55. The molecule has 0 fully saturated rings. The van der Waals surface area contributed by atoms with Gasteiger partial charge in [0.2, 0.25) is 0 Å². The first-order chi connectivity index (χ1) is 13.3. The monoisotopic (exact) mass is 352 g/mol. The summed E-state index contributed by atoms with van der Waals surface area (Å²) in [7, 11) is 0. The van der Waals surface area contributed by atoms with Crippen LogP contribution in [0.15, 0.2) is 66.9 Å². The molecule has 2 aromatic carbocycles. The normalized spacial score (nSPS) is 10.8. The van der Waals surface area contributed by atoms with E-state index in [-0.39, 0.29) is 0 Å². The third-order valence-electron chi connectivity index (χ3n) is 4.83. The first kappa shape index (κ1) is 17.0. The second-order valence-electron chi connectivity index (χ2n) is 6.55. The highest BCUT2D eigenvalue weighted by Gasteiger charge is 2.07. The molecule has 132 valence electrons. The summed E-state index contributed by atoms with van der Waals surface area (Å²) in [4.78, 5) is 4.60. The van der Waals surface area contributed by atoms with Gasteiger partial charge in [-0.05, 0) is 48.1 Å². The molecule has 4 heteroatoms. The Morgan fingerprint density at radius 2 is 1.81 bits per heavy atom. The lowest BCUT2D eigenvalue weighted by Gasteiger charge is -2.09. The van der Waals surface area contributed by atoms with Crippen LogP contribution in [0.2, 0.25) is 0 Å². The molecule has 0 bridgehead atoms. The zero-order valence-corrected chi connectivity index (χ0v) is 15.3. The van der Waals surface area contributed by atoms with E-state index in [2.05, 4.69) is 53.4 Å². The third kappa shape index (κ3) is 3.45. The van der Waals surface area contributed by atoms with Crippen LogP contribution in [-0.2, 0) is 19.3 Å². The molecule has 0 saturated heterocycles. The molecule has 0 aliphatic carbocycles. The molecule has 0 amide bonds. The van der Waals surface area contributed by atoms with Gasteiger partial charge in [-0.25, -0.2) is 9.50 Å². The molecule has 4 nitrogen and oxygen atoms in total. The Morgan fingerprint density at radius 3 is 2.59 bits per heavy atom. The molecule has 2 heterocycles. The van der Waals surface area contributed by atoms with Gasteiger partial charge in [-0.2, -0.15) is 10.4 Å². The summed E-state index contributed by atoms with van der Waals surface area (Å²) in [5.41, 5.74) is 7.21. The Kier molecular flexibility index (Phi) is 4.67. The van der Waals surface area contributed by atoms with Crippen molar-refractivity contribution in [1.82, 2.24) is 14.6 Å². The molecular formula is C23H20N4. The van der Waals surface area contributed by atoms with Crippen molar-refractivity contribution in [2.24, 2.45) is 0 Å². The summed E-state index contributed by atoms with van der Waals surface area (Å²) in [6.45, 7) is 2.12. The fraction of sp³-hybridized carbons (Fsp3) is 0.174. The number of fused-ring (bicyclic) bond motifs is 1. The van der Waals surface area contributed by atoms with E-state index < -0.39 is 0 Å². The molecule has 0 aliphatic heterocycles. The van der Waals surface area contributed by atoms with E-state index in [1.165, 1.54) is 11.3 Å². The Bertz CT molecular complexity index is 1120. The van der Waals surface area contributed by atoms with E-state index in [0.29, 0.717) is 5.56 Å². The van der Waals surface area contributed by atoms with Crippen LogP contribution in [0.1, 0.15) is 29.4 Å². The van der Waals surface area contributed by atoms with Gasteiger partial charge >= 0.3 is 0 Å². The van der Waals surface area contributed by atoms with Gasteiger partial charge in [-0.1, -0.05) is 49.4 Å². The molecule has 0 unspecified atom stereocenters. The maximum Gasteiger partial charge on any atom is 0.155 e. The Morgan fingerprint density at radius 1 is 1.00 bits per heavy atom. The molecular weight excluding hydrogens is 332 g/mol. The van der Waals surface area contributed by atoms with E-state index >= 15 is 0 Å². The molecule has 0 aliphatic rings. The van der Waals surface area contributed by atoms with Crippen LogP contribution >= 0.6 is 0 Å². The van der Waals surface area contributed by atoms with Crippen molar-refractivity contribution in [1.29, 1.82) is 5.26 Å². The van der Waals surface area contributed by atoms with Crippen LogP contribution < -0.4 is 0 Å². The smallest absolute Gasteiger partial charge is 0.155 e. The number of rotatable bonds is 5. The third-order valence-corrected chi connectivity index (χ3v) is 4.83. The number of nitriles is 1. The standard InChI is InChI=1S/C23H20N4/c1-2-20-15-21(27-23(26-20)13-14-25-27)12-9-17-7-10-18(11-8-17)22-6-4-3-5-19(22)16-24/h3-8,10-11,13-15H,2,9,12H2,1H3. The van der Waals surface area contributed by atoms with Crippen LogP contribution in [0.25, 0.3) is 16.8 Å². The highest BCUT2D eigenvalue weighted by molar-refractivity contribution is 5.70. The van der Waals surface area contributed by atoms with Crippen molar-refractivity contribution in [3.63, 3.8) is 0 Å². The Labute approximate surface area is 158 Å². The van der Waals surface area contributed by atoms with Gasteiger partial charge < -0.3 is 0 Å². The SMILES string of the molecule is CCc1cc(CCc2ccc(-c3ccccc3C#N)cc2)n2nccc2n1. The Balaban J connectivity index is 1.55. The van der Waals surface area contributed by atoms with Crippen LogP contribution in [0.3, 0.4) is 0 Å². The molecule has 0 spiro atoms. The van der Waals surface area contributed by atoms with Gasteiger partial charge in [0.25, 0.3) is 0 Å². The molecule has 0 saturated carbocycles. The van der Waals surface area contributed by atoms with Crippen molar-refractivity contribution < 1.29 is 0 Å². The highest BCUT2D eigenvalue weighted by atomic mass is 15.2. The topological polar surface area (TPSA) is 54.0 Å². The van der Waals surface area contributed by atoms with Crippen molar-refractivity contribution in [3.8, 4) is 17.2 Å². The zero-order chi connectivity index (χ0) is 18.6. The summed E-state index contributed by atoms with van der Waals surface area (Å²) in [5, 5.41) is 13.7. The molecule has 2 aromatic heterocycles. The average molecular weight is 352 g/mol. The molecule has 4 rings (SSSR count). The van der Waals surface area contributed by atoms with Gasteiger partial charge in [0.15, 0.2) is 5.65 Å². The molecule has 27 heavy (non-hydrogen) atoms. The van der Waals surface area contributed by atoms with E-state index in [1.54, 1.807) is 6.20 Å². The minimum absolute atomic E-state index is 0.704. The van der Waals surface area contributed by atoms with Gasteiger partial charge in [0.1, 0.15) is 0 Å². The van der Waals surface area contributed by atoms with Gasteiger partial charge in [-0.3, -0.25) is 0 Å². The summed E-state index contributed by atoms with van der Waals surface area (Å²) in [5.74, 6) is 0.